The first-order valence-corrected chi connectivity index (χ1v) is 5.28. The van der Waals surface area contributed by atoms with Crippen LogP contribution >= 0.6 is 0 Å². The Labute approximate surface area is 99.2 Å². The Balaban J connectivity index is 2.92. The number of halogens is 2. The first-order chi connectivity index (χ1) is 7.88. The van der Waals surface area contributed by atoms with Gasteiger partial charge in [0.1, 0.15) is 0 Å². The van der Waals surface area contributed by atoms with Gasteiger partial charge in [0.25, 0.3) is 11.8 Å². The third-order valence-corrected chi connectivity index (χ3v) is 2.42. The molecule has 0 aromatic heterocycles. The molecule has 0 radical (unpaired) electrons. The number of nitrogens with two attached hydrogens (primary N) is 1. The average molecular weight is 242 g/mol. The number of rotatable bonds is 4. The highest BCUT2D eigenvalue weighted by atomic mass is 19.3. The molecule has 0 saturated heterocycles. The lowest BCUT2D eigenvalue weighted by atomic mass is 10.0. The molecule has 1 amide bonds. The summed E-state index contributed by atoms with van der Waals surface area (Å²) >= 11 is 0. The minimum absolute atomic E-state index is 0.0780. The molecule has 0 aliphatic carbocycles. The van der Waals surface area contributed by atoms with Crippen molar-refractivity contribution < 1.29 is 13.6 Å². The van der Waals surface area contributed by atoms with Crippen molar-refractivity contribution in [2.45, 2.75) is 12.3 Å². The van der Waals surface area contributed by atoms with Crippen LogP contribution in [0.3, 0.4) is 0 Å². The van der Waals surface area contributed by atoms with Gasteiger partial charge in [0.05, 0.1) is 0 Å². The van der Waals surface area contributed by atoms with Crippen molar-refractivity contribution in [3.63, 3.8) is 0 Å². The highest BCUT2D eigenvalue weighted by Gasteiger charge is 2.30. The molecular weight excluding hydrogens is 226 g/mol. The van der Waals surface area contributed by atoms with Crippen molar-refractivity contribution in [3.8, 4) is 0 Å². The molecule has 0 aliphatic heterocycles. The number of amides is 1. The summed E-state index contributed by atoms with van der Waals surface area (Å²) in [7, 11) is 3.22. The van der Waals surface area contributed by atoms with Crippen LogP contribution < -0.4 is 5.73 Å². The van der Waals surface area contributed by atoms with E-state index in [4.69, 9.17) is 5.73 Å². The van der Waals surface area contributed by atoms with Crippen molar-refractivity contribution in [3.05, 3.63) is 35.4 Å². The second kappa shape index (κ2) is 5.23. The predicted molar refractivity (Wildman–Crippen MR) is 62.0 cm³/mol. The fourth-order valence-electron chi connectivity index (χ4n) is 1.44. The minimum atomic E-state index is -2.94. The van der Waals surface area contributed by atoms with Crippen molar-refractivity contribution in [2.75, 3.05) is 20.6 Å². The van der Waals surface area contributed by atoms with Gasteiger partial charge in [-0.3, -0.25) is 4.79 Å². The van der Waals surface area contributed by atoms with Gasteiger partial charge in [-0.05, 0) is 18.7 Å². The summed E-state index contributed by atoms with van der Waals surface area (Å²) < 4.78 is 26.9. The maximum Gasteiger partial charge on any atom is 0.274 e. The SMILES string of the molecule is CN(C)C(=O)c1ccc(C(F)(F)CCN)cc1. The van der Waals surface area contributed by atoms with E-state index in [9.17, 15) is 13.6 Å². The Bertz CT molecular complexity index is 388. The van der Waals surface area contributed by atoms with Gasteiger partial charge in [-0.25, -0.2) is 8.78 Å². The Hall–Kier alpha value is -1.49. The zero-order valence-electron chi connectivity index (χ0n) is 9.91. The third kappa shape index (κ3) is 3.23. The lowest BCUT2D eigenvalue weighted by Crippen LogP contribution is -2.22. The second-order valence-electron chi connectivity index (χ2n) is 4.02. The van der Waals surface area contributed by atoms with E-state index in [1.54, 1.807) is 14.1 Å². The highest BCUT2D eigenvalue weighted by Crippen LogP contribution is 2.31. The first-order valence-electron chi connectivity index (χ1n) is 5.28. The minimum Gasteiger partial charge on any atom is -0.345 e. The molecule has 0 unspecified atom stereocenters. The lowest BCUT2D eigenvalue weighted by Gasteiger charge is -2.16. The summed E-state index contributed by atoms with van der Waals surface area (Å²) in [6.45, 7) is -0.0780. The van der Waals surface area contributed by atoms with Gasteiger partial charge in [0, 0.05) is 31.6 Å². The average Bonchev–Trinajstić information content (AvgIpc) is 2.28. The predicted octanol–water partition coefficient (Wildman–Crippen LogP) is 1.83. The Morgan fingerprint density at radius 3 is 2.24 bits per heavy atom. The fourth-order valence-corrected chi connectivity index (χ4v) is 1.44. The van der Waals surface area contributed by atoms with Crippen molar-refractivity contribution in [2.24, 2.45) is 5.73 Å². The largest absolute Gasteiger partial charge is 0.345 e. The van der Waals surface area contributed by atoms with Crippen molar-refractivity contribution in [1.82, 2.24) is 4.90 Å². The van der Waals surface area contributed by atoms with E-state index in [0.29, 0.717) is 5.56 Å². The van der Waals surface area contributed by atoms with E-state index in [1.165, 1.54) is 29.2 Å². The standard InChI is InChI=1S/C12H16F2N2O/c1-16(2)11(17)9-3-5-10(6-4-9)12(13,14)7-8-15/h3-6H,7-8,15H2,1-2H3. The summed E-state index contributed by atoms with van der Waals surface area (Å²) in [5.74, 6) is -3.15. The molecule has 0 fully saturated rings. The van der Waals surface area contributed by atoms with E-state index < -0.39 is 12.3 Å². The van der Waals surface area contributed by atoms with Crippen LogP contribution in [0.2, 0.25) is 0 Å². The topological polar surface area (TPSA) is 46.3 Å². The van der Waals surface area contributed by atoms with E-state index in [-0.39, 0.29) is 18.0 Å². The van der Waals surface area contributed by atoms with Crippen LogP contribution in [0.15, 0.2) is 24.3 Å². The number of alkyl halides is 2. The van der Waals surface area contributed by atoms with Gasteiger partial charge >= 0.3 is 0 Å². The zero-order valence-corrected chi connectivity index (χ0v) is 9.91. The molecule has 1 aromatic carbocycles. The molecule has 2 N–H and O–H groups in total. The van der Waals surface area contributed by atoms with Crippen LogP contribution in [-0.4, -0.2) is 31.4 Å². The molecule has 17 heavy (non-hydrogen) atoms. The molecule has 0 heterocycles. The smallest absolute Gasteiger partial charge is 0.274 e. The number of hydrogen-bond acceptors (Lipinski definition) is 2. The highest BCUT2D eigenvalue weighted by molar-refractivity contribution is 5.93. The van der Waals surface area contributed by atoms with E-state index >= 15 is 0 Å². The van der Waals surface area contributed by atoms with E-state index in [1.807, 2.05) is 0 Å². The van der Waals surface area contributed by atoms with Crippen LogP contribution in [0.1, 0.15) is 22.3 Å². The van der Waals surface area contributed by atoms with E-state index in [2.05, 4.69) is 0 Å². The monoisotopic (exact) mass is 242 g/mol. The number of carbonyl (C=O) groups is 1. The normalized spacial score (nSPS) is 11.4. The molecule has 0 spiro atoms. The fraction of sp³-hybridized carbons (Fsp3) is 0.417. The van der Waals surface area contributed by atoms with Gasteiger partial charge in [-0.1, -0.05) is 12.1 Å². The molecule has 0 aliphatic rings. The second-order valence-corrected chi connectivity index (χ2v) is 4.02. The summed E-state index contributed by atoms with van der Waals surface area (Å²) in [5.41, 5.74) is 5.41. The molecule has 1 rings (SSSR count). The molecule has 1 aromatic rings. The Kier molecular flexibility index (Phi) is 4.17. The van der Waals surface area contributed by atoms with Gasteiger partial charge in [-0.15, -0.1) is 0 Å². The Morgan fingerprint density at radius 1 is 1.29 bits per heavy atom. The maximum atomic E-state index is 13.5. The lowest BCUT2D eigenvalue weighted by molar-refractivity contribution is -0.0107. The zero-order chi connectivity index (χ0) is 13.1. The number of hydrogen-bond donors (Lipinski definition) is 1. The Morgan fingerprint density at radius 2 is 1.82 bits per heavy atom. The third-order valence-electron chi connectivity index (χ3n) is 2.42. The van der Waals surface area contributed by atoms with Crippen LogP contribution in [0.4, 0.5) is 8.78 Å². The number of benzene rings is 1. The molecule has 94 valence electrons. The molecule has 3 nitrogen and oxygen atoms in total. The summed E-state index contributed by atoms with van der Waals surface area (Å²) in [4.78, 5) is 12.9. The van der Waals surface area contributed by atoms with Crippen LogP contribution in [0.5, 0.6) is 0 Å². The van der Waals surface area contributed by atoms with Gasteiger partial charge in [0.15, 0.2) is 0 Å². The molecule has 0 bridgehead atoms. The number of nitrogens with zero attached hydrogens (tertiary/aromatic N) is 1. The maximum absolute atomic E-state index is 13.5. The summed E-state index contributed by atoms with van der Waals surface area (Å²) in [5, 5.41) is 0. The van der Waals surface area contributed by atoms with Crippen LogP contribution in [0, 0.1) is 0 Å². The molecular formula is C12H16F2N2O. The molecule has 5 heteroatoms. The van der Waals surface area contributed by atoms with Gasteiger partial charge < -0.3 is 10.6 Å². The molecule has 0 atom stereocenters. The van der Waals surface area contributed by atoms with Gasteiger partial charge in [-0.2, -0.15) is 0 Å². The van der Waals surface area contributed by atoms with Gasteiger partial charge in [0.2, 0.25) is 0 Å². The van der Waals surface area contributed by atoms with Crippen molar-refractivity contribution in [1.29, 1.82) is 0 Å². The molecule has 0 saturated carbocycles. The van der Waals surface area contributed by atoms with E-state index in [0.717, 1.165) is 0 Å². The number of carbonyl (C=O) groups excluding carboxylic acids is 1. The summed E-state index contributed by atoms with van der Waals surface area (Å²) in [6.07, 6.45) is -0.395. The van der Waals surface area contributed by atoms with Crippen molar-refractivity contribution >= 4 is 5.91 Å². The first kappa shape index (κ1) is 13.6. The summed E-state index contributed by atoms with van der Waals surface area (Å²) in [6, 6.07) is 5.35. The van der Waals surface area contributed by atoms with Crippen LogP contribution in [0.25, 0.3) is 0 Å². The quantitative estimate of drug-likeness (QED) is 0.875. The van der Waals surface area contributed by atoms with Crippen LogP contribution in [-0.2, 0) is 5.92 Å².